The van der Waals surface area contributed by atoms with Crippen molar-refractivity contribution < 1.29 is 0 Å². The van der Waals surface area contributed by atoms with E-state index in [0.29, 0.717) is 0 Å². The number of benzene rings is 3. The van der Waals surface area contributed by atoms with Gasteiger partial charge in [-0.3, -0.25) is 4.90 Å². The van der Waals surface area contributed by atoms with Crippen molar-refractivity contribution in [3.8, 4) is 0 Å². The summed E-state index contributed by atoms with van der Waals surface area (Å²) in [5, 5.41) is 1.36. The predicted octanol–water partition coefficient (Wildman–Crippen LogP) is 6.99. The first-order valence-corrected chi connectivity index (χ1v) is 11.9. The Bertz CT molecular complexity index is 1180. The van der Waals surface area contributed by atoms with Crippen LogP contribution in [0, 0.1) is 6.92 Å². The summed E-state index contributed by atoms with van der Waals surface area (Å²) in [5.74, 6) is 0. The van der Waals surface area contributed by atoms with Gasteiger partial charge in [0.05, 0.1) is 0 Å². The number of aromatic amines is 1. The van der Waals surface area contributed by atoms with Crippen LogP contribution >= 0.6 is 0 Å². The lowest BCUT2D eigenvalue weighted by atomic mass is 9.61. The fraction of sp³-hybridized carbons (Fsp3) is 0.333. The van der Waals surface area contributed by atoms with Crippen molar-refractivity contribution in [2.45, 2.75) is 50.0 Å². The molecule has 0 radical (unpaired) electrons. The van der Waals surface area contributed by atoms with Gasteiger partial charge in [-0.2, -0.15) is 0 Å². The van der Waals surface area contributed by atoms with E-state index in [2.05, 4.69) is 116 Å². The SMILES string of the molecule is Cc1c(C2(Cc3ccccc3)CCC(c3ccccc3)(N(C)C)CC2)[nH]c2ccccc12. The first-order valence-electron chi connectivity index (χ1n) is 11.9. The maximum Gasteiger partial charge on any atom is 0.0458 e. The largest absolute Gasteiger partial charge is 0.358 e. The van der Waals surface area contributed by atoms with E-state index in [1.165, 1.54) is 46.1 Å². The van der Waals surface area contributed by atoms with E-state index < -0.39 is 0 Å². The Kier molecular flexibility index (Phi) is 5.43. The van der Waals surface area contributed by atoms with Crippen molar-refractivity contribution >= 4 is 10.9 Å². The summed E-state index contributed by atoms with van der Waals surface area (Å²) in [7, 11) is 4.51. The monoisotopic (exact) mass is 422 g/mol. The van der Waals surface area contributed by atoms with Crippen LogP contribution in [0.4, 0.5) is 0 Å². The first kappa shape index (κ1) is 21.0. The van der Waals surface area contributed by atoms with Crippen molar-refractivity contribution in [1.29, 1.82) is 0 Å². The number of aromatic nitrogens is 1. The highest BCUT2D eigenvalue weighted by molar-refractivity contribution is 5.84. The number of rotatable bonds is 5. The van der Waals surface area contributed by atoms with E-state index in [-0.39, 0.29) is 11.0 Å². The van der Waals surface area contributed by atoms with Gasteiger partial charge in [0, 0.05) is 27.6 Å². The Balaban J connectivity index is 1.58. The Labute approximate surface area is 192 Å². The molecule has 5 rings (SSSR count). The number of hydrogen-bond acceptors (Lipinski definition) is 1. The third kappa shape index (κ3) is 3.47. The van der Waals surface area contributed by atoms with Gasteiger partial charge in [-0.05, 0) is 75.9 Å². The van der Waals surface area contributed by atoms with Crippen LogP contribution in [0.3, 0.4) is 0 Å². The van der Waals surface area contributed by atoms with Crippen LogP contribution in [0.1, 0.15) is 48.1 Å². The molecule has 0 atom stereocenters. The van der Waals surface area contributed by atoms with Gasteiger partial charge in [0.25, 0.3) is 0 Å². The van der Waals surface area contributed by atoms with Gasteiger partial charge in [0.15, 0.2) is 0 Å². The van der Waals surface area contributed by atoms with Crippen LogP contribution in [-0.2, 0) is 17.4 Å². The molecular formula is C30H34N2. The Hall–Kier alpha value is -2.84. The normalized spacial score (nSPS) is 23.6. The summed E-state index contributed by atoms with van der Waals surface area (Å²) >= 11 is 0. The number of hydrogen-bond donors (Lipinski definition) is 1. The molecule has 3 aromatic carbocycles. The van der Waals surface area contributed by atoms with Crippen LogP contribution in [-0.4, -0.2) is 24.0 Å². The summed E-state index contributed by atoms with van der Waals surface area (Å²) in [5.41, 5.74) is 7.24. The topological polar surface area (TPSA) is 19.0 Å². The molecule has 1 saturated carbocycles. The highest BCUT2D eigenvalue weighted by Gasteiger charge is 2.47. The lowest BCUT2D eigenvalue weighted by molar-refractivity contribution is 0.0632. The molecule has 2 heteroatoms. The van der Waals surface area contributed by atoms with Crippen molar-refractivity contribution in [1.82, 2.24) is 9.88 Å². The van der Waals surface area contributed by atoms with Gasteiger partial charge in [0.1, 0.15) is 0 Å². The molecule has 0 amide bonds. The fourth-order valence-corrected chi connectivity index (χ4v) is 6.20. The molecule has 1 heterocycles. The predicted molar refractivity (Wildman–Crippen MR) is 135 cm³/mol. The average molecular weight is 423 g/mol. The summed E-state index contributed by atoms with van der Waals surface area (Å²) in [6.45, 7) is 2.31. The van der Waals surface area contributed by atoms with Gasteiger partial charge in [-0.1, -0.05) is 78.9 Å². The van der Waals surface area contributed by atoms with Gasteiger partial charge in [-0.25, -0.2) is 0 Å². The molecule has 1 fully saturated rings. The van der Waals surface area contributed by atoms with Gasteiger partial charge >= 0.3 is 0 Å². The second-order valence-electron chi connectivity index (χ2n) is 9.91. The molecule has 0 unspecified atom stereocenters. The van der Waals surface area contributed by atoms with Gasteiger partial charge < -0.3 is 4.98 Å². The van der Waals surface area contributed by atoms with Crippen molar-refractivity contribution in [2.75, 3.05) is 14.1 Å². The number of nitrogens with one attached hydrogen (secondary N) is 1. The molecule has 0 saturated heterocycles. The zero-order valence-electron chi connectivity index (χ0n) is 19.6. The summed E-state index contributed by atoms with van der Waals surface area (Å²) < 4.78 is 0. The third-order valence-electron chi connectivity index (χ3n) is 8.08. The molecule has 1 aliphatic carbocycles. The maximum atomic E-state index is 3.88. The minimum Gasteiger partial charge on any atom is -0.358 e. The van der Waals surface area contributed by atoms with Crippen molar-refractivity contribution in [3.63, 3.8) is 0 Å². The third-order valence-corrected chi connectivity index (χ3v) is 8.08. The van der Waals surface area contributed by atoms with Crippen molar-refractivity contribution in [2.24, 2.45) is 0 Å². The number of H-pyrrole nitrogens is 1. The Morgan fingerprint density at radius 3 is 1.97 bits per heavy atom. The smallest absolute Gasteiger partial charge is 0.0458 e. The van der Waals surface area contributed by atoms with Gasteiger partial charge in [0.2, 0.25) is 0 Å². The van der Waals surface area contributed by atoms with Crippen LogP contribution < -0.4 is 0 Å². The first-order chi connectivity index (χ1) is 15.5. The molecule has 1 aliphatic rings. The molecule has 0 aliphatic heterocycles. The second kappa shape index (κ2) is 8.26. The molecule has 4 aromatic rings. The molecule has 2 nitrogen and oxygen atoms in total. The highest BCUT2D eigenvalue weighted by atomic mass is 15.1. The fourth-order valence-electron chi connectivity index (χ4n) is 6.20. The van der Waals surface area contributed by atoms with E-state index in [4.69, 9.17) is 0 Å². The molecule has 1 aromatic heterocycles. The molecule has 0 spiro atoms. The van der Waals surface area contributed by atoms with Gasteiger partial charge in [-0.15, -0.1) is 0 Å². The average Bonchev–Trinajstić information content (AvgIpc) is 3.18. The van der Waals surface area contributed by atoms with Crippen LogP contribution in [0.15, 0.2) is 84.9 Å². The van der Waals surface area contributed by atoms with Crippen LogP contribution in [0.2, 0.25) is 0 Å². The standard InChI is InChI=1S/C30H34N2/c1-23-26-16-10-11-17-27(26)31-28(23)29(22-24-12-6-4-7-13-24)18-20-30(21-19-29,32(2)3)25-14-8-5-9-15-25/h4-17,31H,18-22H2,1-3H3. The summed E-state index contributed by atoms with van der Waals surface area (Å²) in [6, 6.07) is 31.0. The zero-order chi connectivity index (χ0) is 22.2. The minimum absolute atomic E-state index is 0.0986. The maximum absolute atomic E-state index is 3.88. The number of para-hydroxylation sites is 1. The number of nitrogens with zero attached hydrogens (tertiary/aromatic N) is 1. The quantitative estimate of drug-likeness (QED) is 0.367. The minimum atomic E-state index is 0.0986. The van der Waals surface area contributed by atoms with Crippen LogP contribution in [0.5, 0.6) is 0 Å². The zero-order valence-corrected chi connectivity index (χ0v) is 19.6. The van der Waals surface area contributed by atoms with E-state index in [1.54, 1.807) is 0 Å². The number of fused-ring (bicyclic) bond motifs is 1. The lowest BCUT2D eigenvalue weighted by Gasteiger charge is -2.50. The van der Waals surface area contributed by atoms with Crippen LogP contribution in [0.25, 0.3) is 10.9 Å². The second-order valence-corrected chi connectivity index (χ2v) is 9.91. The van der Waals surface area contributed by atoms with E-state index >= 15 is 0 Å². The van der Waals surface area contributed by atoms with E-state index in [1.807, 2.05) is 0 Å². The van der Waals surface area contributed by atoms with E-state index in [9.17, 15) is 0 Å². The molecular weight excluding hydrogens is 388 g/mol. The molecule has 32 heavy (non-hydrogen) atoms. The summed E-state index contributed by atoms with van der Waals surface area (Å²) in [4.78, 5) is 6.34. The number of aryl methyl sites for hydroxylation is 1. The molecule has 164 valence electrons. The van der Waals surface area contributed by atoms with E-state index in [0.717, 1.165) is 19.3 Å². The summed E-state index contributed by atoms with van der Waals surface area (Å²) in [6.07, 6.45) is 5.74. The molecule has 1 N–H and O–H groups in total. The highest BCUT2D eigenvalue weighted by Crippen LogP contribution is 2.51. The molecule has 0 bridgehead atoms. The van der Waals surface area contributed by atoms with Crippen molar-refractivity contribution in [3.05, 3.63) is 107 Å². The Morgan fingerprint density at radius 2 is 1.34 bits per heavy atom. The lowest BCUT2D eigenvalue weighted by Crippen LogP contribution is -2.49. The Morgan fingerprint density at radius 1 is 0.750 bits per heavy atom.